The maximum Gasteiger partial charge on any atom is 0.208 e. The average Bonchev–Trinajstić information content (AvgIpc) is 3.43. The second-order valence-corrected chi connectivity index (χ2v) is 7.90. The van der Waals surface area contributed by atoms with E-state index in [1.165, 1.54) is 6.07 Å². The molecule has 0 radical (unpaired) electrons. The fraction of sp³-hybridized carbons (Fsp3) is 0.280. The van der Waals surface area contributed by atoms with Crippen molar-refractivity contribution in [1.29, 1.82) is 0 Å². The summed E-state index contributed by atoms with van der Waals surface area (Å²) in [5.41, 5.74) is 5.16. The van der Waals surface area contributed by atoms with Crippen molar-refractivity contribution < 1.29 is 13.9 Å². The zero-order valence-electron chi connectivity index (χ0n) is 18.2. The molecule has 1 aliphatic rings. The summed E-state index contributed by atoms with van der Waals surface area (Å²) in [6.07, 6.45) is 5.42. The van der Waals surface area contributed by atoms with Gasteiger partial charge in [-0.25, -0.2) is 14.4 Å². The van der Waals surface area contributed by atoms with Gasteiger partial charge in [0.25, 0.3) is 0 Å². The van der Waals surface area contributed by atoms with Crippen LogP contribution in [0.15, 0.2) is 48.8 Å². The number of rotatable bonds is 7. The van der Waals surface area contributed by atoms with E-state index in [-0.39, 0.29) is 5.82 Å². The van der Waals surface area contributed by atoms with Gasteiger partial charge in [-0.1, -0.05) is 19.1 Å². The molecule has 0 saturated heterocycles. The molecule has 1 aliphatic heterocycles. The molecular formula is C25H25FN4O2. The average molecular weight is 432 g/mol. The first-order valence-electron chi connectivity index (χ1n) is 10.9. The normalized spacial score (nSPS) is 12.6. The summed E-state index contributed by atoms with van der Waals surface area (Å²) >= 11 is 0. The summed E-state index contributed by atoms with van der Waals surface area (Å²) in [6, 6.07) is 11.1. The number of ether oxygens (including phenoxy) is 2. The molecule has 0 amide bonds. The Hall–Kier alpha value is -3.61. The van der Waals surface area contributed by atoms with Crippen LogP contribution in [-0.4, -0.2) is 27.6 Å². The van der Waals surface area contributed by atoms with E-state index in [4.69, 9.17) is 14.5 Å². The van der Waals surface area contributed by atoms with Crippen molar-refractivity contribution >= 4 is 11.6 Å². The number of anilines is 1. The lowest BCUT2D eigenvalue weighted by atomic mass is 10.0. The van der Waals surface area contributed by atoms with E-state index in [2.05, 4.69) is 17.2 Å². The van der Waals surface area contributed by atoms with Gasteiger partial charge in [0.1, 0.15) is 23.0 Å². The first-order chi connectivity index (χ1) is 15.6. The lowest BCUT2D eigenvalue weighted by molar-refractivity contribution is 0.317. The Kier molecular flexibility index (Phi) is 5.39. The molecule has 5 rings (SSSR count). The molecule has 0 bridgehead atoms. The first kappa shape index (κ1) is 20.3. The third kappa shape index (κ3) is 3.75. The zero-order chi connectivity index (χ0) is 22.1. The number of aryl methyl sites for hydroxylation is 1. The Balaban J connectivity index is 1.45. The van der Waals surface area contributed by atoms with Gasteiger partial charge in [-0.2, -0.15) is 0 Å². The predicted molar refractivity (Wildman–Crippen MR) is 122 cm³/mol. The third-order valence-corrected chi connectivity index (χ3v) is 5.61. The van der Waals surface area contributed by atoms with E-state index in [9.17, 15) is 4.39 Å². The number of nitrogens with one attached hydrogen (secondary N) is 1. The molecule has 0 atom stereocenters. The van der Waals surface area contributed by atoms with Crippen LogP contribution < -0.4 is 14.8 Å². The number of halogens is 1. The van der Waals surface area contributed by atoms with Gasteiger partial charge in [0.05, 0.1) is 18.9 Å². The molecule has 32 heavy (non-hydrogen) atoms. The molecular weight excluding hydrogens is 407 g/mol. The molecule has 4 aromatic rings. The molecule has 0 spiro atoms. The fourth-order valence-electron chi connectivity index (χ4n) is 4.05. The molecule has 164 valence electrons. The van der Waals surface area contributed by atoms with Crippen molar-refractivity contribution in [1.82, 2.24) is 14.4 Å². The Morgan fingerprint density at radius 1 is 1.19 bits per heavy atom. The number of fused-ring (bicyclic) bond motifs is 2. The number of hydrogen-bond donors (Lipinski definition) is 1. The molecule has 3 heterocycles. The van der Waals surface area contributed by atoms with Gasteiger partial charge in [-0.05, 0) is 43.2 Å². The summed E-state index contributed by atoms with van der Waals surface area (Å²) < 4.78 is 27.7. The monoisotopic (exact) mass is 432 g/mol. The van der Waals surface area contributed by atoms with Crippen LogP contribution in [0.4, 0.5) is 10.3 Å². The van der Waals surface area contributed by atoms with Crippen LogP contribution in [0.25, 0.3) is 16.8 Å². The van der Waals surface area contributed by atoms with E-state index in [1.54, 1.807) is 12.3 Å². The van der Waals surface area contributed by atoms with Crippen molar-refractivity contribution in [3.05, 3.63) is 71.4 Å². The zero-order valence-corrected chi connectivity index (χ0v) is 18.2. The van der Waals surface area contributed by atoms with Crippen LogP contribution in [0.3, 0.4) is 0 Å². The summed E-state index contributed by atoms with van der Waals surface area (Å²) in [5, 5.41) is 3.30. The van der Waals surface area contributed by atoms with Crippen molar-refractivity contribution in [2.24, 2.45) is 0 Å². The van der Waals surface area contributed by atoms with E-state index in [0.717, 1.165) is 46.0 Å². The summed E-state index contributed by atoms with van der Waals surface area (Å²) in [6.45, 7) is 5.64. The smallest absolute Gasteiger partial charge is 0.208 e. The topological polar surface area (TPSA) is 60.7 Å². The van der Waals surface area contributed by atoms with Crippen LogP contribution in [-0.2, 0) is 13.0 Å². The quantitative estimate of drug-likeness (QED) is 0.436. The van der Waals surface area contributed by atoms with Gasteiger partial charge in [-0.15, -0.1) is 0 Å². The maximum atomic E-state index is 14.5. The predicted octanol–water partition coefficient (Wildman–Crippen LogP) is 5.18. The number of benzene rings is 2. The summed E-state index contributed by atoms with van der Waals surface area (Å²) in [7, 11) is 0. The van der Waals surface area contributed by atoms with E-state index < -0.39 is 0 Å². The molecule has 0 aliphatic carbocycles. The molecule has 2 aromatic heterocycles. The van der Waals surface area contributed by atoms with Crippen LogP contribution in [0.5, 0.6) is 11.5 Å². The van der Waals surface area contributed by atoms with Gasteiger partial charge >= 0.3 is 0 Å². The fourth-order valence-corrected chi connectivity index (χ4v) is 4.05. The van der Waals surface area contributed by atoms with Crippen molar-refractivity contribution in [3.8, 4) is 22.6 Å². The van der Waals surface area contributed by atoms with Crippen LogP contribution in [0.1, 0.15) is 30.2 Å². The van der Waals surface area contributed by atoms with Crippen molar-refractivity contribution in [2.75, 3.05) is 18.5 Å². The highest BCUT2D eigenvalue weighted by atomic mass is 19.1. The number of nitrogens with zero attached hydrogens (tertiary/aromatic N) is 3. The van der Waals surface area contributed by atoms with Gasteiger partial charge in [-0.3, -0.25) is 4.40 Å². The van der Waals surface area contributed by atoms with Crippen LogP contribution >= 0.6 is 0 Å². The molecule has 1 N–H and O–H groups in total. The molecule has 0 saturated carbocycles. The van der Waals surface area contributed by atoms with Gasteiger partial charge in [0, 0.05) is 42.0 Å². The number of aromatic nitrogens is 3. The van der Waals surface area contributed by atoms with Crippen molar-refractivity contribution in [3.63, 3.8) is 0 Å². The standard InChI is InChI=1S/C25H25FN4O2/c1-3-11-31-18-6-4-17(5-7-18)20-13-27-25(30-15-16(2)29-24(20)30)28-14-21-19-10-12-32-23(19)9-8-22(21)26/h4-9,13,15H,3,10-12,14H2,1-2H3,(H,27,28). The SMILES string of the molecule is CCCOc1ccc(-c2cnc(NCc3c(F)ccc4c3CCO4)n3cc(C)nc23)cc1. The first-order valence-corrected chi connectivity index (χ1v) is 10.9. The second kappa shape index (κ2) is 8.49. The van der Waals surface area contributed by atoms with E-state index >= 15 is 0 Å². The summed E-state index contributed by atoms with van der Waals surface area (Å²) in [4.78, 5) is 9.34. The Morgan fingerprint density at radius 3 is 2.84 bits per heavy atom. The van der Waals surface area contributed by atoms with Crippen LogP contribution in [0, 0.1) is 12.7 Å². The lowest BCUT2D eigenvalue weighted by Crippen LogP contribution is -2.09. The number of imidazole rings is 1. The summed E-state index contributed by atoms with van der Waals surface area (Å²) in [5.74, 6) is 1.99. The maximum absolute atomic E-state index is 14.5. The van der Waals surface area contributed by atoms with Crippen LogP contribution in [0.2, 0.25) is 0 Å². The van der Waals surface area contributed by atoms with E-state index in [1.807, 2.05) is 41.8 Å². The van der Waals surface area contributed by atoms with Crippen molar-refractivity contribution in [2.45, 2.75) is 33.2 Å². The minimum atomic E-state index is -0.234. The van der Waals surface area contributed by atoms with Gasteiger partial charge < -0.3 is 14.8 Å². The molecule has 2 aromatic carbocycles. The van der Waals surface area contributed by atoms with Gasteiger partial charge in [0.15, 0.2) is 0 Å². The number of hydrogen-bond acceptors (Lipinski definition) is 5. The Bertz CT molecular complexity index is 1270. The van der Waals surface area contributed by atoms with E-state index in [0.29, 0.717) is 37.7 Å². The van der Waals surface area contributed by atoms with Gasteiger partial charge in [0.2, 0.25) is 5.95 Å². The molecule has 0 unspecified atom stereocenters. The highest BCUT2D eigenvalue weighted by molar-refractivity contribution is 5.78. The lowest BCUT2D eigenvalue weighted by Gasteiger charge is -2.13. The second-order valence-electron chi connectivity index (χ2n) is 7.90. The molecule has 7 heteroatoms. The minimum Gasteiger partial charge on any atom is -0.494 e. The highest BCUT2D eigenvalue weighted by Crippen LogP contribution is 2.31. The third-order valence-electron chi connectivity index (χ3n) is 5.61. The Morgan fingerprint density at radius 2 is 2.03 bits per heavy atom. The highest BCUT2D eigenvalue weighted by Gasteiger charge is 2.20. The Labute approximate surface area is 186 Å². The largest absolute Gasteiger partial charge is 0.494 e. The molecule has 6 nitrogen and oxygen atoms in total. The molecule has 0 fully saturated rings. The minimum absolute atomic E-state index is 0.234.